The summed E-state index contributed by atoms with van der Waals surface area (Å²) in [7, 11) is 1.47. The number of benzene rings is 1. The minimum Gasteiger partial charge on any atom is -0.493 e. The third kappa shape index (κ3) is 4.59. The number of amides is 2. The lowest BCUT2D eigenvalue weighted by Gasteiger charge is -2.30. The summed E-state index contributed by atoms with van der Waals surface area (Å²) in [6, 6.07) is 4.93. The van der Waals surface area contributed by atoms with Gasteiger partial charge < -0.3 is 25.8 Å². The maximum Gasteiger partial charge on any atom is 0.255 e. The smallest absolute Gasteiger partial charge is 0.255 e. The van der Waals surface area contributed by atoms with E-state index in [1.807, 2.05) is 0 Å². The molecule has 7 nitrogen and oxygen atoms in total. The lowest BCUT2D eigenvalue weighted by Crippen LogP contribution is -2.50. The van der Waals surface area contributed by atoms with Gasteiger partial charge in [-0.05, 0) is 37.1 Å². The molecule has 1 aliphatic heterocycles. The van der Waals surface area contributed by atoms with Crippen LogP contribution in [0.4, 0.5) is 0 Å². The van der Waals surface area contributed by atoms with Gasteiger partial charge in [-0.2, -0.15) is 0 Å². The minimum atomic E-state index is -0.576. The molecule has 2 rings (SSSR count). The second kappa shape index (κ2) is 7.82. The van der Waals surface area contributed by atoms with Crippen LogP contribution in [-0.4, -0.2) is 44.7 Å². The molecule has 0 saturated carbocycles. The molecular weight excluding hydrogens is 298 g/mol. The van der Waals surface area contributed by atoms with Gasteiger partial charge in [0.25, 0.3) is 11.8 Å². The summed E-state index contributed by atoms with van der Waals surface area (Å²) in [6.07, 6.45) is 1.04. The van der Waals surface area contributed by atoms with Crippen molar-refractivity contribution in [3.63, 3.8) is 0 Å². The Kier molecular flexibility index (Phi) is 5.81. The van der Waals surface area contributed by atoms with Crippen LogP contribution >= 0.6 is 0 Å². The second-order valence-corrected chi connectivity index (χ2v) is 5.67. The van der Waals surface area contributed by atoms with Gasteiger partial charge in [0.15, 0.2) is 18.1 Å². The van der Waals surface area contributed by atoms with Gasteiger partial charge in [-0.25, -0.2) is 0 Å². The van der Waals surface area contributed by atoms with Gasteiger partial charge in [0.2, 0.25) is 0 Å². The highest BCUT2D eigenvalue weighted by molar-refractivity contribution is 5.95. The Balaban J connectivity index is 2.06. The molecule has 0 bridgehead atoms. The van der Waals surface area contributed by atoms with Crippen LogP contribution in [0, 0.1) is 5.92 Å². The summed E-state index contributed by atoms with van der Waals surface area (Å²) in [5.41, 5.74) is 5.53. The highest BCUT2D eigenvalue weighted by Gasteiger charge is 2.23. The number of carbonyl (C=O) groups excluding carboxylic acids is 2. The fraction of sp³-hybridized carbons (Fsp3) is 0.500. The maximum atomic E-state index is 12.4. The summed E-state index contributed by atoms with van der Waals surface area (Å²) in [4.78, 5) is 23.2. The van der Waals surface area contributed by atoms with Gasteiger partial charge in [0.05, 0.1) is 7.11 Å². The molecule has 2 amide bonds. The summed E-state index contributed by atoms with van der Waals surface area (Å²) < 4.78 is 10.5. The zero-order chi connectivity index (χ0) is 16.8. The van der Waals surface area contributed by atoms with Crippen LogP contribution in [0.5, 0.6) is 11.5 Å². The van der Waals surface area contributed by atoms with Crippen LogP contribution in [0.15, 0.2) is 18.2 Å². The first kappa shape index (κ1) is 17.1. The number of nitrogens with two attached hydrogens (primary N) is 1. The second-order valence-electron chi connectivity index (χ2n) is 5.67. The van der Waals surface area contributed by atoms with Crippen LogP contribution in [0.25, 0.3) is 0 Å². The minimum absolute atomic E-state index is 0.105. The topological polar surface area (TPSA) is 103 Å². The first-order valence-electron chi connectivity index (χ1n) is 7.62. The molecule has 0 aromatic heterocycles. The van der Waals surface area contributed by atoms with E-state index in [0.29, 0.717) is 23.0 Å². The maximum absolute atomic E-state index is 12.4. The highest BCUT2D eigenvalue weighted by atomic mass is 16.5. The first-order chi connectivity index (χ1) is 11.0. The van der Waals surface area contributed by atoms with E-state index in [1.54, 1.807) is 18.2 Å². The van der Waals surface area contributed by atoms with Crippen molar-refractivity contribution in [1.29, 1.82) is 0 Å². The summed E-state index contributed by atoms with van der Waals surface area (Å²) in [5, 5.41) is 6.31. The normalized spacial score (nSPS) is 20.6. The molecule has 126 valence electrons. The molecule has 1 fully saturated rings. The Morgan fingerprint density at radius 1 is 1.39 bits per heavy atom. The zero-order valence-corrected chi connectivity index (χ0v) is 13.4. The van der Waals surface area contributed by atoms with Crippen LogP contribution in [0.1, 0.15) is 23.7 Å². The quantitative estimate of drug-likeness (QED) is 0.699. The predicted molar refractivity (Wildman–Crippen MR) is 85.6 cm³/mol. The van der Waals surface area contributed by atoms with Gasteiger partial charge in [-0.15, -0.1) is 0 Å². The molecule has 1 saturated heterocycles. The molecule has 0 aliphatic carbocycles. The third-order valence-corrected chi connectivity index (χ3v) is 3.94. The third-order valence-electron chi connectivity index (χ3n) is 3.94. The van der Waals surface area contributed by atoms with Crippen LogP contribution in [-0.2, 0) is 4.79 Å². The molecule has 1 heterocycles. The summed E-state index contributed by atoms with van der Waals surface area (Å²) >= 11 is 0. The Bertz CT molecular complexity index is 576. The van der Waals surface area contributed by atoms with Crippen molar-refractivity contribution in [3.8, 4) is 11.5 Å². The van der Waals surface area contributed by atoms with E-state index >= 15 is 0 Å². The van der Waals surface area contributed by atoms with Crippen LogP contribution in [0.2, 0.25) is 0 Å². The van der Waals surface area contributed by atoms with E-state index in [1.165, 1.54) is 7.11 Å². The molecule has 1 aromatic rings. The van der Waals surface area contributed by atoms with Gasteiger partial charge in [0, 0.05) is 18.2 Å². The van der Waals surface area contributed by atoms with Crippen molar-refractivity contribution >= 4 is 11.8 Å². The first-order valence-corrected chi connectivity index (χ1v) is 7.62. The lowest BCUT2D eigenvalue weighted by molar-refractivity contribution is -0.119. The average molecular weight is 321 g/mol. The van der Waals surface area contributed by atoms with Crippen LogP contribution in [0.3, 0.4) is 0 Å². The number of carbonyl (C=O) groups is 2. The van der Waals surface area contributed by atoms with Crippen molar-refractivity contribution in [3.05, 3.63) is 23.8 Å². The predicted octanol–water partition coefficient (Wildman–Crippen LogP) is 0.287. The number of hydrogen-bond acceptors (Lipinski definition) is 5. The summed E-state index contributed by atoms with van der Waals surface area (Å²) in [5.74, 6) is 0.447. The molecule has 7 heteroatoms. The Morgan fingerprint density at radius 2 is 2.17 bits per heavy atom. The largest absolute Gasteiger partial charge is 0.493 e. The Morgan fingerprint density at radius 3 is 2.83 bits per heavy atom. The fourth-order valence-corrected chi connectivity index (χ4v) is 2.51. The molecular formula is C16H23N3O4. The Labute approximate surface area is 135 Å². The number of primary amides is 1. The number of nitrogens with one attached hydrogen (secondary N) is 2. The van der Waals surface area contributed by atoms with E-state index in [0.717, 1.165) is 19.5 Å². The molecule has 0 radical (unpaired) electrons. The lowest BCUT2D eigenvalue weighted by atomic mass is 9.94. The van der Waals surface area contributed by atoms with E-state index < -0.39 is 5.91 Å². The zero-order valence-electron chi connectivity index (χ0n) is 13.4. The van der Waals surface area contributed by atoms with E-state index in [2.05, 4.69) is 17.6 Å². The SMILES string of the molecule is COc1cc(C(=O)NC2CNCCC2C)ccc1OCC(N)=O. The molecule has 1 aliphatic rings. The van der Waals surface area contributed by atoms with Gasteiger partial charge >= 0.3 is 0 Å². The summed E-state index contributed by atoms with van der Waals surface area (Å²) in [6.45, 7) is 3.64. The standard InChI is InChI=1S/C16H23N3O4/c1-10-5-6-18-8-12(10)19-16(21)11-3-4-13(14(7-11)22-2)23-9-15(17)20/h3-4,7,10,12,18H,5-6,8-9H2,1-2H3,(H2,17,20)(H,19,21). The fourth-order valence-electron chi connectivity index (χ4n) is 2.51. The molecule has 2 atom stereocenters. The number of piperidine rings is 1. The van der Waals surface area contributed by atoms with E-state index in [9.17, 15) is 9.59 Å². The molecule has 4 N–H and O–H groups in total. The van der Waals surface area contributed by atoms with E-state index in [4.69, 9.17) is 15.2 Å². The molecule has 2 unspecified atom stereocenters. The van der Waals surface area contributed by atoms with Crippen molar-refractivity contribution in [2.75, 3.05) is 26.8 Å². The number of ether oxygens (including phenoxy) is 2. The monoisotopic (exact) mass is 321 g/mol. The number of rotatable bonds is 6. The number of methoxy groups -OCH3 is 1. The van der Waals surface area contributed by atoms with Crippen LogP contribution < -0.4 is 25.8 Å². The number of hydrogen-bond donors (Lipinski definition) is 3. The van der Waals surface area contributed by atoms with Gasteiger partial charge in [-0.1, -0.05) is 6.92 Å². The Hall–Kier alpha value is -2.28. The van der Waals surface area contributed by atoms with E-state index in [-0.39, 0.29) is 18.6 Å². The highest BCUT2D eigenvalue weighted by Crippen LogP contribution is 2.28. The van der Waals surface area contributed by atoms with Crippen molar-refractivity contribution in [2.45, 2.75) is 19.4 Å². The van der Waals surface area contributed by atoms with Gasteiger partial charge in [0.1, 0.15) is 0 Å². The average Bonchev–Trinajstić information content (AvgIpc) is 2.54. The molecule has 1 aromatic carbocycles. The van der Waals surface area contributed by atoms with Gasteiger partial charge in [-0.3, -0.25) is 9.59 Å². The van der Waals surface area contributed by atoms with Crippen molar-refractivity contribution in [1.82, 2.24) is 10.6 Å². The van der Waals surface area contributed by atoms with Crippen molar-refractivity contribution < 1.29 is 19.1 Å². The molecule has 23 heavy (non-hydrogen) atoms. The molecule has 0 spiro atoms. The van der Waals surface area contributed by atoms with Crippen molar-refractivity contribution in [2.24, 2.45) is 11.7 Å².